The van der Waals surface area contributed by atoms with Crippen LogP contribution in [-0.4, -0.2) is 30.7 Å². The summed E-state index contributed by atoms with van der Waals surface area (Å²) in [6, 6.07) is 13.4. The predicted octanol–water partition coefficient (Wildman–Crippen LogP) is 3.32. The van der Waals surface area contributed by atoms with Gasteiger partial charge in [-0.25, -0.2) is 9.98 Å². The Bertz CT molecular complexity index is 1170. The summed E-state index contributed by atoms with van der Waals surface area (Å²) in [5.74, 6) is 1.25. The number of aliphatic hydroxyl groups is 1. The number of benzene rings is 2. The van der Waals surface area contributed by atoms with Gasteiger partial charge in [-0.15, -0.1) is 0 Å². The van der Waals surface area contributed by atoms with E-state index in [-0.39, 0.29) is 6.61 Å². The molecule has 4 rings (SSSR count). The quantitative estimate of drug-likeness (QED) is 0.370. The Morgan fingerprint density at radius 1 is 1.29 bits per heavy atom. The molecule has 3 N–H and O–H groups in total. The molecule has 4 aromatic rings. The molecule has 28 heavy (non-hydrogen) atoms. The lowest BCUT2D eigenvalue weighted by molar-refractivity contribution is 0.282. The van der Waals surface area contributed by atoms with Crippen molar-refractivity contribution in [1.82, 2.24) is 19.7 Å². The molecule has 0 aliphatic carbocycles. The molecule has 2 heterocycles. The first kappa shape index (κ1) is 17.7. The number of hydrogen-bond acceptors (Lipinski definition) is 4. The fourth-order valence-corrected chi connectivity index (χ4v) is 2.93. The van der Waals surface area contributed by atoms with Crippen molar-refractivity contribution in [2.75, 3.05) is 5.32 Å². The maximum Gasteiger partial charge on any atom is 0.175 e. The van der Waals surface area contributed by atoms with Crippen molar-refractivity contribution in [1.29, 1.82) is 0 Å². The van der Waals surface area contributed by atoms with E-state index in [0.717, 1.165) is 27.7 Å². The highest BCUT2D eigenvalue weighted by atomic mass is 16.3. The lowest BCUT2D eigenvalue weighted by Crippen LogP contribution is -2.18. The Kier molecular flexibility index (Phi) is 4.74. The summed E-state index contributed by atoms with van der Waals surface area (Å²) in [6.45, 7) is 4.11. The molecule has 7 heteroatoms. The molecule has 0 fully saturated rings. The molecule has 0 aliphatic rings. The number of aryl methyl sites for hydroxylation is 1. The minimum atomic E-state index is -0.0265. The predicted molar refractivity (Wildman–Crippen MR) is 111 cm³/mol. The van der Waals surface area contributed by atoms with Crippen LogP contribution in [0.3, 0.4) is 0 Å². The number of fused-ring (bicyclic) bond motifs is 1. The highest BCUT2D eigenvalue weighted by Gasteiger charge is 2.12. The lowest BCUT2D eigenvalue weighted by Gasteiger charge is -2.12. The van der Waals surface area contributed by atoms with Crippen molar-refractivity contribution in [2.45, 2.75) is 6.61 Å². The first-order chi connectivity index (χ1) is 13.6. The van der Waals surface area contributed by atoms with Crippen LogP contribution in [0.1, 0.15) is 17.0 Å². The number of nitrogens with zero attached hydrogens (tertiary/aromatic N) is 4. The first-order valence-electron chi connectivity index (χ1n) is 8.79. The summed E-state index contributed by atoms with van der Waals surface area (Å²) in [5.41, 5.74) is 4.03. The molecule has 0 spiro atoms. The van der Waals surface area contributed by atoms with E-state index >= 15 is 0 Å². The van der Waals surface area contributed by atoms with Gasteiger partial charge in [0.25, 0.3) is 0 Å². The van der Waals surface area contributed by atoms with Crippen LogP contribution >= 0.6 is 0 Å². The average molecular weight is 372 g/mol. The van der Waals surface area contributed by atoms with E-state index in [0.29, 0.717) is 17.4 Å². The number of aliphatic imine (C=N–C) groups is 1. The highest BCUT2D eigenvalue weighted by Crippen LogP contribution is 2.21. The van der Waals surface area contributed by atoms with Crippen molar-refractivity contribution < 1.29 is 5.11 Å². The van der Waals surface area contributed by atoms with Gasteiger partial charge in [-0.2, -0.15) is 5.10 Å². The van der Waals surface area contributed by atoms with Gasteiger partial charge < -0.3 is 15.0 Å². The van der Waals surface area contributed by atoms with Crippen LogP contribution in [0.2, 0.25) is 0 Å². The molecule has 0 saturated carbocycles. The number of H-pyrrole nitrogens is 1. The SMILES string of the molecule is C=C(N=C(Nc1cccc(CO)c1)c1nccn1C)c1ccc2cn[nH]c2c1. The molecule has 0 amide bonds. The average Bonchev–Trinajstić information content (AvgIpc) is 3.35. The van der Waals surface area contributed by atoms with Gasteiger partial charge in [-0.05, 0) is 23.8 Å². The topological polar surface area (TPSA) is 91.1 Å². The summed E-state index contributed by atoms with van der Waals surface area (Å²) >= 11 is 0. The fraction of sp³-hybridized carbons (Fsp3) is 0.0952. The molecular formula is C21H20N6O. The summed E-state index contributed by atoms with van der Waals surface area (Å²) in [4.78, 5) is 9.13. The number of aliphatic hydroxyl groups excluding tert-OH is 1. The number of imidazole rings is 1. The molecule has 0 radical (unpaired) electrons. The van der Waals surface area contributed by atoms with Crippen molar-refractivity contribution in [3.63, 3.8) is 0 Å². The zero-order valence-electron chi connectivity index (χ0n) is 15.4. The zero-order chi connectivity index (χ0) is 19.5. The van der Waals surface area contributed by atoms with Crippen molar-refractivity contribution in [3.8, 4) is 0 Å². The van der Waals surface area contributed by atoms with Crippen molar-refractivity contribution >= 4 is 28.1 Å². The molecule has 0 unspecified atom stereocenters. The molecule has 2 aromatic heterocycles. The van der Waals surface area contributed by atoms with Crippen LogP contribution in [0.4, 0.5) is 5.69 Å². The Labute approximate surface area is 162 Å². The minimum Gasteiger partial charge on any atom is -0.392 e. The number of hydrogen-bond donors (Lipinski definition) is 3. The Hall–Kier alpha value is -3.71. The van der Waals surface area contributed by atoms with E-state index in [4.69, 9.17) is 4.99 Å². The van der Waals surface area contributed by atoms with Gasteiger partial charge in [0, 0.05) is 36.1 Å². The van der Waals surface area contributed by atoms with Crippen LogP contribution in [0.15, 0.2) is 72.6 Å². The van der Waals surface area contributed by atoms with Gasteiger partial charge in [0.2, 0.25) is 0 Å². The molecule has 0 aliphatic heterocycles. The number of aromatic amines is 1. The largest absolute Gasteiger partial charge is 0.392 e. The standard InChI is InChI=1S/C21H20N6O/c1-14(16-6-7-17-12-23-26-19(17)11-16)24-20(21-22-8-9-27(21)2)25-18-5-3-4-15(10-18)13-28/h3-12,28H,1,13H2,2H3,(H,23,26)(H,24,25). The van der Waals surface area contributed by atoms with Crippen LogP contribution in [0.5, 0.6) is 0 Å². The van der Waals surface area contributed by atoms with E-state index < -0.39 is 0 Å². The van der Waals surface area contributed by atoms with E-state index in [2.05, 4.69) is 27.1 Å². The van der Waals surface area contributed by atoms with Gasteiger partial charge >= 0.3 is 0 Å². The molecule has 7 nitrogen and oxygen atoms in total. The van der Waals surface area contributed by atoms with Crippen LogP contribution in [0, 0.1) is 0 Å². The van der Waals surface area contributed by atoms with Crippen LogP contribution in [-0.2, 0) is 13.7 Å². The van der Waals surface area contributed by atoms with Gasteiger partial charge in [0.15, 0.2) is 11.7 Å². The number of rotatable bonds is 5. The second-order valence-corrected chi connectivity index (χ2v) is 6.42. The number of aromatic nitrogens is 4. The smallest absolute Gasteiger partial charge is 0.175 e. The van der Waals surface area contributed by atoms with E-state index in [9.17, 15) is 5.11 Å². The molecular weight excluding hydrogens is 352 g/mol. The molecule has 0 saturated heterocycles. The third kappa shape index (κ3) is 3.56. The van der Waals surface area contributed by atoms with Gasteiger partial charge in [-0.1, -0.05) is 30.8 Å². The Morgan fingerprint density at radius 2 is 2.18 bits per heavy atom. The van der Waals surface area contributed by atoms with Gasteiger partial charge in [0.05, 0.1) is 24.0 Å². The normalized spacial score (nSPS) is 11.7. The Morgan fingerprint density at radius 3 is 2.96 bits per heavy atom. The second-order valence-electron chi connectivity index (χ2n) is 6.42. The van der Waals surface area contributed by atoms with E-state index in [1.54, 1.807) is 12.4 Å². The summed E-state index contributed by atoms with van der Waals surface area (Å²) in [6.07, 6.45) is 5.35. The van der Waals surface area contributed by atoms with E-state index in [1.165, 1.54) is 0 Å². The number of amidine groups is 1. The van der Waals surface area contributed by atoms with Crippen molar-refractivity contribution in [3.05, 3.63) is 84.6 Å². The van der Waals surface area contributed by atoms with Crippen LogP contribution in [0.25, 0.3) is 16.6 Å². The monoisotopic (exact) mass is 372 g/mol. The van der Waals surface area contributed by atoms with Gasteiger partial charge in [-0.3, -0.25) is 5.10 Å². The second kappa shape index (κ2) is 7.50. The van der Waals surface area contributed by atoms with E-state index in [1.807, 2.05) is 60.3 Å². The fourth-order valence-electron chi connectivity index (χ4n) is 2.93. The van der Waals surface area contributed by atoms with Gasteiger partial charge in [0.1, 0.15) is 0 Å². The highest BCUT2D eigenvalue weighted by molar-refractivity contribution is 6.08. The molecule has 2 aromatic carbocycles. The molecule has 0 bridgehead atoms. The zero-order valence-corrected chi connectivity index (χ0v) is 15.4. The summed E-state index contributed by atoms with van der Waals surface area (Å²) in [5, 5.41) is 20.7. The minimum absolute atomic E-state index is 0.0265. The molecule has 0 atom stereocenters. The summed E-state index contributed by atoms with van der Waals surface area (Å²) in [7, 11) is 1.91. The maximum atomic E-state index is 9.39. The third-order valence-corrected chi connectivity index (χ3v) is 4.43. The number of nitrogens with one attached hydrogen (secondary N) is 2. The molecule has 140 valence electrons. The number of anilines is 1. The maximum absolute atomic E-state index is 9.39. The van der Waals surface area contributed by atoms with Crippen LogP contribution < -0.4 is 5.32 Å². The lowest BCUT2D eigenvalue weighted by atomic mass is 10.1. The first-order valence-corrected chi connectivity index (χ1v) is 8.79. The third-order valence-electron chi connectivity index (χ3n) is 4.43. The van der Waals surface area contributed by atoms with Crippen molar-refractivity contribution in [2.24, 2.45) is 12.0 Å². The Balaban J connectivity index is 1.71. The summed E-state index contributed by atoms with van der Waals surface area (Å²) < 4.78 is 1.88.